The zero-order valence-electron chi connectivity index (χ0n) is 14.2. The van der Waals surface area contributed by atoms with E-state index in [2.05, 4.69) is 12.2 Å². The highest BCUT2D eigenvalue weighted by Gasteiger charge is 2.35. The quantitative estimate of drug-likeness (QED) is 0.802. The lowest BCUT2D eigenvalue weighted by atomic mass is 10.0. The molecular weight excluding hydrogens is 344 g/mol. The fraction of sp³-hybridized carbons (Fsp3) is 0.471. The lowest BCUT2D eigenvalue weighted by Crippen LogP contribution is -2.59. The first-order valence-electron chi connectivity index (χ1n) is 8.31. The van der Waals surface area contributed by atoms with Crippen molar-refractivity contribution in [2.45, 2.75) is 32.2 Å². The van der Waals surface area contributed by atoms with Gasteiger partial charge in [0.05, 0.1) is 12.6 Å². The summed E-state index contributed by atoms with van der Waals surface area (Å²) >= 11 is 5.91. The molecule has 1 fully saturated rings. The summed E-state index contributed by atoms with van der Waals surface area (Å²) in [6, 6.07) is 6.20. The molecule has 0 bridgehead atoms. The fourth-order valence-corrected chi connectivity index (χ4v) is 3.01. The highest BCUT2D eigenvalue weighted by atomic mass is 35.5. The first-order valence-corrected chi connectivity index (χ1v) is 8.69. The Balaban J connectivity index is 2.14. The van der Waals surface area contributed by atoms with Gasteiger partial charge in [0.15, 0.2) is 0 Å². The number of anilines is 1. The van der Waals surface area contributed by atoms with Crippen molar-refractivity contribution in [3.05, 3.63) is 29.3 Å². The second-order valence-electron chi connectivity index (χ2n) is 6.02. The number of nitrogens with two attached hydrogens (primary N) is 1. The van der Waals surface area contributed by atoms with E-state index >= 15 is 0 Å². The van der Waals surface area contributed by atoms with E-state index in [1.54, 1.807) is 34.1 Å². The highest BCUT2D eigenvalue weighted by Crippen LogP contribution is 2.24. The third kappa shape index (κ3) is 5.09. The Hall–Kier alpha value is -2.28. The molecule has 1 saturated heterocycles. The van der Waals surface area contributed by atoms with Crippen molar-refractivity contribution in [2.75, 3.05) is 24.5 Å². The van der Waals surface area contributed by atoms with Gasteiger partial charge in [0.25, 0.3) is 0 Å². The van der Waals surface area contributed by atoms with Gasteiger partial charge in [-0.25, -0.2) is 4.79 Å². The van der Waals surface area contributed by atoms with Crippen LogP contribution >= 0.6 is 11.6 Å². The third-order valence-corrected chi connectivity index (χ3v) is 4.46. The highest BCUT2D eigenvalue weighted by molar-refractivity contribution is 6.30. The predicted molar refractivity (Wildman–Crippen MR) is 96.4 cm³/mol. The second kappa shape index (κ2) is 8.71. The predicted octanol–water partition coefficient (Wildman–Crippen LogP) is 1.74. The number of urea groups is 1. The summed E-state index contributed by atoms with van der Waals surface area (Å²) in [4.78, 5) is 39.0. The molecule has 0 aromatic heterocycles. The van der Waals surface area contributed by atoms with Crippen LogP contribution in [0.2, 0.25) is 5.02 Å². The molecule has 3 N–H and O–H groups in total. The summed E-state index contributed by atoms with van der Waals surface area (Å²) in [7, 11) is 0. The molecule has 0 saturated carbocycles. The number of amides is 4. The van der Waals surface area contributed by atoms with Crippen molar-refractivity contribution >= 4 is 35.1 Å². The summed E-state index contributed by atoms with van der Waals surface area (Å²) in [6.07, 6.45) is 2.73. The van der Waals surface area contributed by atoms with Crippen LogP contribution in [-0.4, -0.2) is 48.4 Å². The minimum atomic E-state index is -0.760. The molecule has 2 rings (SSSR count). The number of nitrogens with one attached hydrogen (secondary N) is 1. The van der Waals surface area contributed by atoms with Crippen molar-refractivity contribution in [2.24, 2.45) is 5.73 Å². The Kier molecular flexibility index (Phi) is 6.64. The molecule has 0 radical (unpaired) electrons. The zero-order valence-corrected chi connectivity index (χ0v) is 15.0. The third-order valence-electron chi connectivity index (χ3n) is 4.20. The summed E-state index contributed by atoms with van der Waals surface area (Å²) in [5.74, 6) is -0.466. The van der Waals surface area contributed by atoms with Gasteiger partial charge in [-0.2, -0.15) is 0 Å². The number of piperazine rings is 1. The SMILES string of the molecule is CCCC[C@@H]1CN(c2ccc(Cl)cc2)C(=O)CN1C(=O)CNC(N)=O. The monoisotopic (exact) mass is 366 g/mol. The average molecular weight is 367 g/mol. The maximum atomic E-state index is 12.5. The number of hydrogen-bond acceptors (Lipinski definition) is 3. The fourth-order valence-electron chi connectivity index (χ4n) is 2.88. The van der Waals surface area contributed by atoms with E-state index in [1.165, 1.54) is 0 Å². The Morgan fingerprint density at radius 2 is 2.00 bits per heavy atom. The molecule has 1 atom stereocenters. The van der Waals surface area contributed by atoms with E-state index < -0.39 is 6.03 Å². The molecule has 0 spiro atoms. The molecular formula is C17H23ClN4O3. The summed E-state index contributed by atoms with van der Waals surface area (Å²) in [5, 5.41) is 2.89. The van der Waals surface area contributed by atoms with Crippen LogP contribution in [0.5, 0.6) is 0 Å². The van der Waals surface area contributed by atoms with Crippen molar-refractivity contribution < 1.29 is 14.4 Å². The van der Waals surface area contributed by atoms with Crippen LogP contribution in [0.3, 0.4) is 0 Å². The van der Waals surface area contributed by atoms with Crippen LogP contribution in [-0.2, 0) is 9.59 Å². The maximum Gasteiger partial charge on any atom is 0.312 e. The van der Waals surface area contributed by atoms with E-state index in [1.807, 2.05) is 0 Å². The van der Waals surface area contributed by atoms with E-state index in [-0.39, 0.29) is 30.9 Å². The van der Waals surface area contributed by atoms with Gasteiger partial charge in [-0.3, -0.25) is 9.59 Å². The lowest BCUT2D eigenvalue weighted by molar-refractivity contribution is -0.139. The number of rotatable bonds is 6. The van der Waals surface area contributed by atoms with Gasteiger partial charge in [-0.05, 0) is 30.7 Å². The molecule has 25 heavy (non-hydrogen) atoms. The molecule has 1 aromatic carbocycles. The molecule has 0 unspecified atom stereocenters. The second-order valence-corrected chi connectivity index (χ2v) is 6.45. The van der Waals surface area contributed by atoms with Gasteiger partial charge >= 0.3 is 6.03 Å². The minimum absolute atomic E-state index is 0.0176. The van der Waals surface area contributed by atoms with Crippen molar-refractivity contribution in [1.82, 2.24) is 10.2 Å². The molecule has 1 aliphatic rings. The van der Waals surface area contributed by atoms with Crippen LogP contribution in [0.1, 0.15) is 26.2 Å². The number of halogens is 1. The first-order chi connectivity index (χ1) is 11.9. The Bertz CT molecular complexity index is 635. The van der Waals surface area contributed by atoms with Crippen LogP contribution < -0.4 is 16.0 Å². The van der Waals surface area contributed by atoms with Crippen molar-refractivity contribution in [3.63, 3.8) is 0 Å². The number of unbranched alkanes of at least 4 members (excludes halogenated alkanes) is 1. The number of benzene rings is 1. The van der Waals surface area contributed by atoms with E-state index in [4.69, 9.17) is 17.3 Å². The van der Waals surface area contributed by atoms with Gasteiger partial charge in [-0.1, -0.05) is 31.4 Å². The van der Waals surface area contributed by atoms with Gasteiger partial charge in [0.2, 0.25) is 11.8 Å². The lowest BCUT2D eigenvalue weighted by Gasteiger charge is -2.41. The van der Waals surface area contributed by atoms with E-state index in [9.17, 15) is 14.4 Å². The zero-order chi connectivity index (χ0) is 18.4. The summed E-state index contributed by atoms with van der Waals surface area (Å²) < 4.78 is 0. The van der Waals surface area contributed by atoms with Gasteiger partial charge in [0, 0.05) is 17.3 Å². The molecule has 8 heteroatoms. The van der Waals surface area contributed by atoms with E-state index in [0.29, 0.717) is 11.6 Å². The average Bonchev–Trinajstić information content (AvgIpc) is 2.59. The normalized spacial score (nSPS) is 17.5. The molecule has 1 aromatic rings. The maximum absolute atomic E-state index is 12.5. The Morgan fingerprint density at radius 3 is 2.60 bits per heavy atom. The first kappa shape index (κ1) is 19.1. The van der Waals surface area contributed by atoms with Gasteiger partial charge in [-0.15, -0.1) is 0 Å². The molecule has 1 aliphatic heterocycles. The molecule has 0 aliphatic carbocycles. The topological polar surface area (TPSA) is 95.7 Å². The molecule has 1 heterocycles. The number of hydrogen-bond donors (Lipinski definition) is 2. The molecule has 136 valence electrons. The summed E-state index contributed by atoms with van der Waals surface area (Å²) in [6.45, 7) is 2.27. The number of carbonyl (C=O) groups excluding carboxylic acids is 3. The van der Waals surface area contributed by atoms with Crippen LogP contribution in [0, 0.1) is 0 Å². The minimum Gasteiger partial charge on any atom is -0.352 e. The standard InChI is InChI=1S/C17H23ClN4O3/c1-2-3-4-14-10-21(13-7-5-12(18)6-8-13)16(24)11-22(14)15(23)9-20-17(19)25/h5-8,14H,2-4,9-11H2,1H3,(H3,19,20,25)/t14-/m1/s1. The number of nitrogens with zero attached hydrogens (tertiary/aromatic N) is 2. The summed E-state index contributed by atoms with van der Waals surface area (Å²) in [5.41, 5.74) is 5.78. The van der Waals surface area contributed by atoms with Crippen LogP contribution in [0.15, 0.2) is 24.3 Å². The molecule has 7 nitrogen and oxygen atoms in total. The van der Waals surface area contributed by atoms with Gasteiger partial charge < -0.3 is 20.9 Å². The van der Waals surface area contributed by atoms with Gasteiger partial charge in [0.1, 0.15) is 6.54 Å². The van der Waals surface area contributed by atoms with Crippen molar-refractivity contribution in [1.29, 1.82) is 0 Å². The largest absolute Gasteiger partial charge is 0.352 e. The Morgan fingerprint density at radius 1 is 1.32 bits per heavy atom. The Labute approximate surface area is 152 Å². The van der Waals surface area contributed by atoms with E-state index in [0.717, 1.165) is 24.9 Å². The van der Waals surface area contributed by atoms with Crippen LogP contribution in [0.25, 0.3) is 0 Å². The smallest absolute Gasteiger partial charge is 0.312 e. The van der Waals surface area contributed by atoms with Crippen molar-refractivity contribution in [3.8, 4) is 0 Å². The van der Waals surface area contributed by atoms with Crippen LogP contribution in [0.4, 0.5) is 10.5 Å². The number of carbonyl (C=O) groups is 3. The number of primary amides is 1. The molecule has 4 amide bonds.